The Bertz CT molecular complexity index is 719. The molecule has 2 aromatic rings. The molecular weight excluding hydrogens is 280 g/mol. The second-order valence-electron chi connectivity index (χ2n) is 4.60. The molecule has 1 atom stereocenters. The minimum atomic E-state index is -1.39. The lowest BCUT2D eigenvalue weighted by Gasteiger charge is -2.34. The Morgan fingerprint density at radius 1 is 1.14 bits per heavy atom. The van der Waals surface area contributed by atoms with Gasteiger partial charge in [0.2, 0.25) is 6.35 Å². The van der Waals surface area contributed by atoms with Crippen molar-refractivity contribution < 1.29 is 18.7 Å². The van der Waals surface area contributed by atoms with E-state index in [1.807, 2.05) is 0 Å². The van der Waals surface area contributed by atoms with Crippen LogP contribution in [0.4, 0.5) is 25.8 Å². The maximum absolute atomic E-state index is 13.3. The molecule has 0 bridgehead atoms. The predicted octanol–water partition coefficient (Wildman–Crippen LogP) is 1.90. The second kappa shape index (κ2) is 4.71. The number of carbonyl (C=O) groups is 1. The summed E-state index contributed by atoms with van der Waals surface area (Å²) in [5.41, 5.74) is 6.42. The van der Waals surface area contributed by atoms with Crippen molar-refractivity contribution in [3.63, 3.8) is 0 Å². The number of nitrogens with one attached hydrogen (secondary N) is 1. The first-order valence-corrected chi connectivity index (χ1v) is 6.10. The minimum Gasteiger partial charge on any atom is -0.399 e. The van der Waals surface area contributed by atoms with Gasteiger partial charge in [-0.15, -0.1) is 0 Å². The number of rotatable bonds is 1. The highest BCUT2D eigenvalue weighted by Crippen LogP contribution is 2.30. The van der Waals surface area contributed by atoms with E-state index in [-0.39, 0.29) is 11.3 Å². The molecule has 3 rings (SSSR count). The first-order valence-electron chi connectivity index (χ1n) is 6.10. The molecule has 2 aromatic carbocycles. The van der Waals surface area contributed by atoms with Crippen LogP contribution in [0.25, 0.3) is 0 Å². The molecule has 0 saturated heterocycles. The van der Waals surface area contributed by atoms with Crippen LogP contribution >= 0.6 is 0 Å². The van der Waals surface area contributed by atoms with Gasteiger partial charge < -0.3 is 16.2 Å². The lowest BCUT2D eigenvalue weighted by atomic mass is 10.1. The van der Waals surface area contributed by atoms with Crippen molar-refractivity contribution in [3.05, 3.63) is 53.6 Å². The number of nitrogen functional groups attached to an aromatic ring is 1. The molecule has 0 fully saturated rings. The van der Waals surface area contributed by atoms with Crippen LogP contribution in [0, 0.1) is 11.6 Å². The number of aliphatic hydroxyl groups is 1. The summed E-state index contributed by atoms with van der Waals surface area (Å²) in [6.45, 7) is 0. The summed E-state index contributed by atoms with van der Waals surface area (Å²) in [4.78, 5) is 13.4. The molecule has 0 spiro atoms. The summed E-state index contributed by atoms with van der Waals surface area (Å²) in [5.74, 6) is -2.86. The summed E-state index contributed by atoms with van der Waals surface area (Å²) in [5, 5.41) is 12.6. The molecule has 1 aliphatic heterocycles. The van der Waals surface area contributed by atoms with Gasteiger partial charge in [0.05, 0.1) is 11.3 Å². The van der Waals surface area contributed by atoms with E-state index in [4.69, 9.17) is 5.73 Å². The largest absolute Gasteiger partial charge is 0.399 e. The highest BCUT2D eigenvalue weighted by atomic mass is 19.2. The third-order valence-electron chi connectivity index (χ3n) is 3.21. The molecular formula is C14H11F2N3O2. The van der Waals surface area contributed by atoms with Crippen molar-refractivity contribution >= 4 is 23.0 Å². The molecule has 7 heteroatoms. The van der Waals surface area contributed by atoms with Gasteiger partial charge >= 0.3 is 0 Å². The van der Waals surface area contributed by atoms with Crippen molar-refractivity contribution in [2.24, 2.45) is 0 Å². The van der Waals surface area contributed by atoms with E-state index in [0.717, 1.165) is 17.0 Å². The Morgan fingerprint density at radius 3 is 2.43 bits per heavy atom. The van der Waals surface area contributed by atoms with Gasteiger partial charge in [-0.25, -0.2) is 8.78 Å². The monoisotopic (exact) mass is 291 g/mol. The quantitative estimate of drug-likeness (QED) is 0.701. The lowest BCUT2D eigenvalue weighted by molar-refractivity contribution is 0.0900. The lowest BCUT2D eigenvalue weighted by Crippen LogP contribution is -2.49. The first-order chi connectivity index (χ1) is 9.97. The van der Waals surface area contributed by atoms with Crippen molar-refractivity contribution in [2.75, 3.05) is 16.0 Å². The summed E-state index contributed by atoms with van der Waals surface area (Å²) in [6.07, 6.45) is -1.39. The number of hydrogen-bond donors (Lipinski definition) is 3. The number of nitrogens with zero attached hydrogens (tertiary/aromatic N) is 1. The number of amides is 1. The number of benzene rings is 2. The number of halogens is 2. The van der Waals surface area contributed by atoms with E-state index in [9.17, 15) is 18.7 Å². The topological polar surface area (TPSA) is 78.6 Å². The van der Waals surface area contributed by atoms with E-state index in [1.165, 1.54) is 0 Å². The Hall–Kier alpha value is -2.67. The number of aliphatic hydroxyl groups excluding tert-OH is 1. The van der Waals surface area contributed by atoms with Gasteiger partial charge in [0.15, 0.2) is 11.6 Å². The zero-order valence-corrected chi connectivity index (χ0v) is 10.7. The summed E-state index contributed by atoms with van der Waals surface area (Å²) < 4.78 is 26.5. The highest BCUT2D eigenvalue weighted by molar-refractivity contribution is 6.11. The molecule has 1 aliphatic rings. The normalized spacial score (nSPS) is 17.4. The number of anilines is 3. The fourth-order valence-corrected chi connectivity index (χ4v) is 2.18. The number of carbonyl (C=O) groups excluding carboxylic acids is 1. The predicted molar refractivity (Wildman–Crippen MR) is 73.7 cm³/mol. The smallest absolute Gasteiger partial charge is 0.264 e. The van der Waals surface area contributed by atoms with Crippen LogP contribution in [0.3, 0.4) is 0 Å². The molecule has 5 nitrogen and oxygen atoms in total. The summed E-state index contributed by atoms with van der Waals surface area (Å²) in [7, 11) is 0. The highest BCUT2D eigenvalue weighted by Gasteiger charge is 2.33. The molecule has 0 radical (unpaired) electrons. The van der Waals surface area contributed by atoms with Crippen LogP contribution in [0.15, 0.2) is 36.4 Å². The van der Waals surface area contributed by atoms with Crippen molar-refractivity contribution in [2.45, 2.75) is 6.35 Å². The van der Waals surface area contributed by atoms with Gasteiger partial charge in [0, 0.05) is 17.4 Å². The first kappa shape index (κ1) is 13.3. The molecule has 1 unspecified atom stereocenters. The number of nitrogens with two attached hydrogens (primary N) is 1. The van der Waals surface area contributed by atoms with Crippen LogP contribution < -0.4 is 16.0 Å². The molecule has 1 heterocycles. The Labute approximate surface area is 118 Å². The minimum absolute atomic E-state index is 0.0399. The summed E-state index contributed by atoms with van der Waals surface area (Å²) in [6, 6.07) is 7.86. The van der Waals surface area contributed by atoms with Gasteiger partial charge in [0.1, 0.15) is 0 Å². The van der Waals surface area contributed by atoms with Crippen LogP contribution in [0.5, 0.6) is 0 Å². The molecule has 0 aromatic heterocycles. The third-order valence-corrected chi connectivity index (χ3v) is 3.21. The maximum atomic E-state index is 13.3. The van der Waals surface area contributed by atoms with E-state index < -0.39 is 23.9 Å². The standard InChI is InChI=1S/C14H11F2N3O2/c15-10-5-9-12(6-11(10)16)18-14(21)19(13(9)20)8-3-1-7(17)2-4-8/h1-6,14,18,21H,17H2. The molecule has 4 N–H and O–H groups in total. The van der Waals surface area contributed by atoms with Crippen LogP contribution in [0.2, 0.25) is 0 Å². The molecule has 21 heavy (non-hydrogen) atoms. The second-order valence-corrected chi connectivity index (χ2v) is 4.60. The summed E-state index contributed by atoms with van der Waals surface area (Å²) >= 11 is 0. The fourth-order valence-electron chi connectivity index (χ4n) is 2.18. The van der Waals surface area contributed by atoms with E-state index in [1.54, 1.807) is 24.3 Å². The van der Waals surface area contributed by atoms with Gasteiger partial charge in [-0.2, -0.15) is 0 Å². The number of fused-ring (bicyclic) bond motifs is 1. The molecule has 1 amide bonds. The average molecular weight is 291 g/mol. The van der Waals surface area contributed by atoms with E-state index in [2.05, 4.69) is 5.32 Å². The average Bonchev–Trinajstić information content (AvgIpc) is 2.43. The molecule has 0 saturated carbocycles. The van der Waals surface area contributed by atoms with Gasteiger partial charge in [-0.3, -0.25) is 9.69 Å². The Balaban J connectivity index is 2.06. The van der Waals surface area contributed by atoms with Crippen molar-refractivity contribution in [1.29, 1.82) is 0 Å². The van der Waals surface area contributed by atoms with Crippen LogP contribution in [-0.2, 0) is 0 Å². The Kier molecular flexibility index (Phi) is 2.99. The maximum Gasteiger partial charge on any atom is 0.264 e. The van der Waals surface area contributed by atoms with Crippen LogP contribution in [0.1, 0.15) is 10.4 Å². The molecule has 0 aliphatic carbocycles. The fraction of sp³-hybridized carbons (Fsp3) is 0.0714. The SMILES string of the molecule is Nc1ccc(N2C(=O)c3cc(F)c(F)cc3NC2O)cc1. The van der Waals surface area contributed by atoms with Gasteiger partial charge in [-0.05, 0) is 30.3 Å². The van der Waals surface area contributed by atoms with Crippen molar-refractivity contribution in [3.8, 4) is 0 Å². The number of hydrogen-bond acceptors (Lipinski definition) is 4. The van der Waals surface area contributed by atoms with Gasteiger partial charge in [-0.1, -0.05) is 0 Å². The molecule has 108 valence electrons. The van der Waals surface area contributed by atoms with Crippen LogP contribution in [-0.4, -0.2) is 17.4 Å². The van der Waals surface area contributed by atoms with Crippen molar-refractivity contribution in [1.82, 2.24) is 0 Å². The zero-order valence-electron chi connectivity index (χ0n) is 10.7. The Morgan fingerprint density at radius 2 is 1.76 bits per heavy atom. The van der Waals surface area contributed by atoms with Gasteiger partial charge in [0.25, 0.3) is 5.91 Å². The van der Waals surface area contributed by atoms with E-state index in [0.29, 0.717) is 11.4 Å². The zero-order chi connectivity index (χ0) is 15.1. The third kappa shape index (κ3) is 2.17. The van der Waals surface area contributed by atoms with E-state index >= 15 is 0 Å².